The molecule has 1 aromatic carbocycles. The highest BCUT2D eigenvalue weighted by Crippen LogP contribution is 2.25. The first kappa shape index (κ1) is 21.8. The van der Waals surface area contributed by atoms with Crippen LogP contribution in [0.25, 0.3) is 0 Å². The molecule has 1 aliphatic rings. The number of likely N-dealkylation sites (tertiary alicyclic amines) is 1. The Morgan fingerprint density at radius 1 is 1.13 bits per heavy atom. The first-order chi connectivity index (χ1) is 15.1. The molecule has 2 aromatic heterocycles. The first-order valence-electron chi connectivity index (χ1n) is 10.4. The maximum absolute atomic E-state index is 12.7. The molecule has 4 rings (SSSR count). The number of halogens is 1. The van der Waals surface area contributed by atoms with Crippen molar-refractivity contribution in [3.8, 4) is 0 Å². The summed E-state index contributed by atoms with van der Waals surface area (Å²) in [5.41, 5.74) is 1.18. The van der Waals surface area contributed by atoms with Crippen molar-refractivity contribution in [3.63, 3.8) is 0 Å². The van der Waals surface area contributed by atoms with Crippen LogP contribution < -0.4 is 5.32 Å². The fourth-order valence-electron chi connectivity index (χ4n) is 3.48. The largest absolute Gasteiger partial charge is 0.310 e. The van der Waals surface area contributed by atoms with Gasteiger partial charge in [-0.05, 0) is 50.6 Å². The summed E-state index contributed by atoms with van der Waals surface area (Å²) in [4.78, 5) is 19.2. The molecule has 162 valence electrons. The van der Waals surface area contributed by atoms with E-state index in [2.05, 4.69) is 42.1 Å². The summed E-state index contributed by atoms with van der Waals surface area (Å²) >= 11 is 7.27. The topological polar surface area (TPSA) is 75.9 Å². The smallest absolute Gasteiger partial charge is 0.238 e. The predicted molar refractivity (Wildman–Crippen MR) is 123 cm³/mol. The zero-order valence-electron chi connectivity index (χ0n) is 17.4. The van der Waals surface area contributed by atoms with E-state index in [1.54, 1.807) is 12.1 Å². The van der Waals surface area contributed by atoms with Gasteiger partial charge in [0.2, 0.25) is 5.91 Å². The molecule has 1 fully saturated rings. The molecule has 3 aromatic rings. The molecular weight excluding hydrogens is 432 g/mol. The normalized spacial score (nSPS) is 15.2. The molecule has 1 atom stereocenters. The van der Waals surface area contributed by atoms with Crippen molar-refractivity contribution in [1.29, 1.82) is 0 Å². The number of nitrogens with zero attached hydrogens (tertiary/aromatic N) is 5. The minimum Gasteiger partial charge on any atom is -0.310 e. The number of pyridine rings is 1. The lowest BCUT2D eigenvalue weighted by Gasteiger charge is -2.17. The number of rotatable bonds is 8. The Hall–Kier alpha value is -2.42. The van der Waals surface area contributed by atoms with Gasteiger partial charge in [0.15, 0.2) is 5.16 Å². The van der Waals surface area contributed by atoms with Crippen molar-refractivity contribution in [2.45, 2.75) is 43.3 Å². The van der Waals surface area contributed by atoms with Gasteiger partial charge in [0.05, 0.1) is 23.4 Å². The molecule has 1 N–H and O–H groups in total. The second-order valence-electron chi connectivity index (χ2n) is 7.56. The fraction of sp³-hybridized carbons (Fsp3) is 0.364. The van der Waals surface area contributed by atoms with Gasteiger partial charge >= 0.3 is 0 Å². The molecule has 1 amide bonds. The van der Waals surface area contributed by atoms with Gasteiger partial charge in [-0.3, -0.25) is 9.69 Å². The van der Waals surface area contributed by atoms with Crippen molar-refractivity contribution < 1.29 is 4.79 Å². The standard InChI is InChI=1S/C22H25ClN6OS/c1-16(21(30)25-19-10-9-18(23)13-24-19)31-22-27-26-20(15-28-11-5-6-12-28)29(22)14-17-7-3-2-4-8-17/h2-4,7-10,13,16H,5-6,11-12,14-15H2,1H3,(H,24,25,30). The van der Waals surface area contributed by atoms with Crippen molar-refractivity contribution in [2.75, 3.05) is 18.4 Å². The molecule has 0 saturated carbocycles. The zero-order valence-corrected chi connectivity index (χ0v) is 18.9. The number of hydrogen-bond donors (Lipinski definition) is 1. The van der Waals surface area contributed by atoms with Gasteiger partial charge in [-0.1, -0.05) is 53.7 Å². The summed E-state index contributed by atoms with van der Waals surface area (Å²) < 4.78 is 2.13. The Morgan fingerprint density at radius 3 is 2.61 bits per heavy atom. The van der Waals surface area contributed by atoms with E-state index in [1.165, 1.54) is 36.4 Å². The third kappa shape index (κ3) is 5.84. The molecule has 31 heavy (non-hydrogen) atoms. The van der Waals surface area contributed by atoms with Gasteiger partial charge in [-0.25, -0.2) is 4.98 Å². The highest BCUT2D eigenvalue weighted by atomic mass is 35.5. The Balaban J connectivity index is 1.49. The third-order valence-electron chi connectivity index (χ3n) is 5.17. The zero-order chi connectivity index (χ0) is 21.6. The highest BCUT2D eigenvalue weighted by molar-refractivity contribution is 8.00. The van der Waals surface area contributed by atoms with E-state index < -0.39 is 0 Å². The molecule has 7 nitrogen and oxygen atoms in total. The molecule has 0 radical (unpaired) electrons. The van der Waals surface area contributed by atoms with Crippen LogP contribution in [0.15, 0.2) is 53.8 Å². The Bertz CT molecular complexity index is 1000. The summed E-state index contributed by atoms with van der Waals surface area (Å²) in [5, 5.41) is 12.6. The minimum atomic E-state index is -0.365. The van der Waals surface area contributed by atoms with E-state index in [-0.39, 0.29) is 11.2 Å². The van der Waals surface area contributed by atoms with Crippen molar-refractivity contribution in [1.82, 2.24) is 24.6 Å². The Morgan fingerprint density at radius 2 is 1.90 bits per heavy atom. The van der Waals surface area contributed by atoms with Crippen LogP contribution in [-0.4, -0.2) is 48.9 Å². The van der Waals surface area contributed by atoms with Crippen LogP contribution in [0.2, 0.25) is 5.02 Å². The third-order valence-corrected chi connectivity index (χ3v) is 6.47. The van der Waals surface area contributed by atoms with E-state index in [4.69, 9.17) is 11.6 Å². The van der Waals surface area contributed by atoms with Crippen LogP contribution in [0, 0.1) is 0 Å². The molecule has 3 heterocycles. The van der Waals surface area contributed by atoms with Crippen LogP contribution in [0.4, 0.5) is 5.82 Å². The summed E-state index contributed by atoms with van der Waals surface area (Å²) in [6.45, 7) is 5.49. The maximum atomic E-state index is 12.7. The van der Waals surface area contributed by atoms with Crippen LogP contribution in [0.1, 0.15) is 31.2 Å². The van der Waals surface area contributed by atoms with Crippen LogP contribution in [-0.2, 0) is 17.9 Å². The van der Waals surface area contributed by atoms with Crippen molar-refractivity contribution in [3.05, 3.63) is 65.1 Å². The number of carbonyl (C=O) groups is 1. The van der Waals surface area contributed by atoms with Crippen molar-refractivity contribution in [2.24, 2.45) is 0 Å². The average molecular weight is 457 g/mol. The number of carbonyl (C=O) groups excluding carboxylic acids is 1. The van der Waals surface area contributed by atoms with E-state index in [1.807, 2.05) is 25.1 Å². The number of benzene rings is 1. The maximum Gasteiger partial charge on any atom is 0.238 e. The van der Waals surface area contributed by atoms with Gasteiger partial charge in [0, 0.05) is 6.20 Å². The van der Waals surface area contributed by atoms with Crippen LogP contribution in [0.3, 0.4) is 0 Å². The molecule has 9 heteroatoms. The number of hydrogen-bond acceptors (Lipinski definition) is 6. The number of amides is 1. The Labute approximate surface area is 191 Å². The Kier molecular flexibility index (Phi) is 7.21. The van der Waals surface area contributed by atoms with Gasteiger partial charge in [-0.15, -0.1) is 10.2 Å². The number of thioether (sulfide) groups is 1. The van der Waals surface area contributed by atoms with Gasteiger partial charge < -0.3 is 9.88 Å². The summed E-state index contributed by atoms with van der Waals surface area (Å²) in [7, 11) is 0. The SMILES string of the molecule is CC(Sc1nnc(CN2CCCC2)n1Cc1ccccc1)C(=O)Nc1ccc(Cl)cn1. The highest BCUT2D eigenvalue weighted by Gasteiger charge is 2.22. The monoisotopic (exact) mass is 456 g/mol. The summed E-state index contributed by atoms with van der Waals surface area (Å²) in [6.07, 6.45) is 3.96. The second kappa shape index (κ2) is 10.3. The molecule has 1 unspecified atom stereocenters. The predicted octanol–water partition coefficient (Wildman–Crippen LogP) is 4.09. The fourth-order valence-corrected chi connectivity index (χ4v) is 4.46. The second-order valence-corrected chi connectivity index (χ2v) is 9.31. The molecule has 1 saturated heterocycles. The first-order valence-corrected chi connectivity index (χ1v) is 11.6. The summed E-state index contributed by atoms with van der Waals surface area (Å²) in [6, 6.07) is 13.6. The van der Waals surface area contributed by atoms with E-state index in [0.717, 1.165) is 30.6 Å². The van der Waals surface area contributed by atoms with Crippen LogP contribution >= 0.6 is 23.4 Å². The molecule has 0 aliphatic carbocycles. The lowest BCUT2D eigenvalue weighted by Crippen LogP contribution is -2.24. The lowest BCUT2D eigenvalue weighted by molar-refractivity contribution is -0.115. The molecule has 1 aliphatic heterocycles. The number of aromatic nitrogens is 4. The van der Waals surface area contributed by atoms with Crippen LogP contribution in [0.5, 0.6) is 0 Å². The summed E-state index contributed by atoms with van der Waals surface area (Å²) in [5.74, 6) is 1.26. The minimum absolute atomic E-state index is 0.143. The molecule has 0 spiro atoms. The number of nitrogens with one attached hydrogen (secondary N) is 1. The van der Waals surface area contributed by atoms with E-state index in [0.29, 0.717) is 17.4 Å². The van der Waals surface area contributed by atoms with E-state index >= 15 is 0 Å². The van der Waals surface area contributed by atoms with Crippen molar-refractivity contribution >= 4 is 35.1 Å². The molecular formula is C22H25ClN6OS. The van der Waals surface area contributed by atoms with E-state index in [9.17, 15) is 4.79 Å². The van der Waals surface area contributed by atoms with Gasteiger partial charge in [0.25, 0.3) is 0 Å². The molecule has 0 bridgehead atoms. The lowest BCUT2D eigenvalue weighted by atomic mass is 10.2. The average Bonchev–Trinajstić information content (AvgIpc) is 3.42. The number of anilines is 1. The quantitative estimate of drug-likeness (QED) is 0.514. The van der Waals surface area contributed by atoms with Gasteiger partial charge in [0.1, 0.15) is 11.6 Å². The van der Waals surface area contributed by atoms with Gasteiger partial charge in [-0.2, -0.15) is 0 Å².